The minimum absolute atomic E-state index is 0.383. The van der Waals surface area contributed by atoms with Crippen LogP contribution in [0.15, 0.2) is 45.4 Å². The zero-order chi connectivity index (χ0) is 13.3. The summed E-state index contributed by atoms with van der Waals surface area (Å²) >= 11 is 0. The predicted octanol–water partition coefficient (Wildman–Crippen LogP) is 2.90. The van der Waals surface area contributed by atoms with Crippen LogP contribution in [0.2, 0.25) is 0 Å². The van der Waals surface area contributed by atoms with Gasteiger partial charge in [0.05, 0.1) is 35.5 Å². The molecule has 90 valence electrons. The van der Waals surface area contributed by atoms with Crippen LogP contribution in [-0.2, 0) is 0 Å². The summed E-state index contributed by atoms with van der Waals surface area (Å²) in [6.45, 7) is 3.76. The maximum absolute atomic E-state index is 9.34. The summed E-state index contributed by atoms with van der Waals surface area (Å²) in [6, 6.07) is 7.96. The van der Waals surface area contributed by atoms with E-state index in [0.29, 0.717) is 16.9 Å². The molecule has 0 saturated heterocycles. The van der Waals surface area contributed by atoms with Crippen LogP contribution in [0.4, 0.5) is 0 Å². The van der Waals surface area contributed by atoms with Crippen LogP contribution in [0.25, 0.3) is 0 Å². The number of hydrogen-bond acceptors (Lipinski definition) is 4. The lowest BCUT2D eigenvalue weighted by atomic mass is 9.84. The molecule has 1 aromatic rings. The highest BCUT2D eigenvalue weighted by atomic mass is 16.3. The van der Waals surface area contributed by atoms with Gasteiger partial charge in [0, 0.05) is 18.4 Å². The molecule has 1 aliphatic heterocycles. The van der Waals surface area contributed by atoms with Crippen LogP contribution in [0.5, 0.6) is 0 Å². The zero-order valence-electron chi connectivity index (χ0n) is 10.6. The normalized spacial score (nSPS) is 16.8. The minimum Gasteiger partial charge on any atom is -0.468 e. The lowest BCUT2D eigenvalue weighted by Crippen LogP contribution is -2.25. The molecule has 0 amide bonds. The van der Waals surface area contributed by atoms with Crippen molar-refractivity contribution in [2.45, 2.75) is 19.8 Å². The Bertz CT molecular complexity index is 570. The largest absolute Gasteiger partial charge is 0.468 e. The number of nitrogens with zero attached hydrogens (tertiary/aromatic N) is 3. The lowest BCUT2D eigenvalue weighted by Gasteiger charge is -2.31. The van der Waals surface area contributed by atoms with E-state index in [0.717, 1.165) is 11.4 Å². The number of furan rings is 1. The van der Waals surface area contributed by atoms with Gasteiger partial charge in [0.1, 0.15) is 5.76 Å². The second-order valence-corrected chi connectivity index (χ2v) is 4.23. The van der Waals surface area contributed by atoms with Crippen molar-refractivity contribution < 1.29 is 4.42 Å². The fourth-order valence-corrected chi connectivity index (χ4v) is 2.21. The molecule has 2 rings (SSSR count). The van der Waals surface area contributed by atoms with E-state index < -0.39 is 0 Å². The molecule has 0 saturated carbocycles. The molecule has 0 spiro atoms. The van der Waals surface area contributed by atoms with E-state index in [-0.39, 0.29) is 5.92 Å². The van der Waals surface area contributed by atoms with E-state index in [9.17, 15) is 10.5 Å². The number of nitriles is 2. The average Bonchev–Trinajstić information content (AvgIpc) is 2.89. The van der Waals surface area contributed by atoms with Crippen LogP contribution >= 0.6 is 0 Å². The van der Waals surface area contributed by atoms with Crippen LogP contribution < -0.4 is 0 Å². The molecule has 4 nitrogen and oxygen atoms in total. The van der Waals surface area contributed by atoms with Gasteiger partial charge in [-0.1, -0.05) is 0 Å². The maximum Gasteiger partial charge on any atom is 0.117 e. The maximum atomic E-state index is 9.34. The van der Waals surface area contributed by atoms with Crippen LogP contribution in [0.1, 0.15) is 25.5 Å². The molecule has 1 aromatic heterocycles. The fourth-order valence-electron chi connectivity index (χ4n) is 2.21. The van der Waals surface area contributed by atoms with Crippen molar-refractivity contribution in [3.05, 3.63) is 46.7 Å². The Kier molecular flexibility index (Phi) is 2.95. The van der Waals surface area contributed by atoms with Crippen LogP contribution in [-0.4, -0.2) is 11.9 Å². The van der Waals surface area contributed by atoms with Gasteiger partial charge in [-0.05, 0) is 26.0 Å². The van der Waals surface area contributed by atoms with E-state index in [2.05, 4.69) is 12.1 Å². The molecule has 0 bridgehead atoms. The molecule has 0 aromatic carbocycles. The van der Waals surface area contributed by atoms with Crippen molar-refractivity contribution in [2.24, 2.45) is 0 Å². The Labute approximate surface area is 106 Å². The summed E-state index contributed by atoms with van der Waals surface area (Å²) < 4.78 is 5.38. The van der Waals surface area contributed by atoms with E-state index in [1.54, 1.807) is 18.4 Å². The van der Waals surface area contributed by atoms with Crippen molar-refractivity contribution in [2.75, 3.05) is 7.05 Å². The third-order valence-corrected chi connectivity index (χ3v) is 3.43. The first-order valence-corrected chi connectivity index (χ1v) is 5.60. The molecule has 0 atom stereocenters. The Morgan fingerprint density at radius 1 is 1.17 bits per heavy atom. The van der Waals surface area contributed by atoms with Crippen molar-refractivity contribution in [1.82, 2.24) is 4.90 Å². The summed E-state index contributed by atoms with van der Waals surface area (Å²) in [5.74, 6) is 0.251. The van der Waals surface area contributed by atoms with Gasteiger partial charge in [0.15, 0.2) is 0 Å². The lowest BCUT2D eigenvalue weighted by molar-refractivity contribution is 0.457. The molecule has 1 aliphatic rings. The summed E-state index contributed by atoms with van der Waals surface area (Å²) in [5.41, 5.74) is 2.84. The Morgan fingerprint density at radius 2 is 1.72 bits per heavy atom. The van der Waals surface area contributed by atoms with Gasteiger partial charge in [-0.25, -0.2) is 0 Å². The molecular formula is C14H13N3O. The molecular weight excluding hydrogens is 226 g/mol. The quantitative estimate of drug-likeness (QED) is 0.755. The third-order valence-electron chi connectivity index (χ3n) is 3.43. The van der Waals surface area contributed by atoms with Gasteiger partial charge in [-0.15, -0.1) is 0 Å². The summed E-state index contributed by atoms with van der Waals surface area (Å²) in [5, 5.41) is 18.7. The first-order valence-electron chi connectivity index (χ1n) is 5.60. The second kappa shape index (κ2) is 4.43. The Morgan fingerprint density at radius 3 is 2.11 bits per heavy atom. The topological polar surface area (TPSA) is 64.0 Å². The molecule has 4 heteroatoms. The van der Waals surface area contributed by atoms with Crippen LogP contribution in [0.3, 0.4) is 0 Å². The smallest absolute Gasteiger partial charge is 0.117 e. The van der Waals surface area contributed by atoms with Gasteiger partial charge >= 0.3 is 0 Å². The number of rotatable bonds is 1. The van der Waals surface area contributed by atoms with Gasteiger partial charge in [0.2, 0.25) is 0 Å². The van der Waals surface area contributed by atoms with Crippen molar-refractivity contribution in [3.8, 4) is 12.1 Å². The monoisotopic (exact) mass is 239 g/mol. The van der Waals surface area contributed by atoms with E-state index >= 15 is 0 Å². The molecule has 0 unspecified atom stereocenters. The first kappa shape index (κ1) is 12.0. The standard InChI is InChI=1S/C14H13N3O/c1-9-11(7-15)14(13-5-4-6-18-13)12(8-16)10(2)17(9)3/h4-6,14H,1-3H3. The van der Waals surface area contributed by atoms with E-state index in [1.807, 2.05) is 25.8 Å². The predicted molar refractivity (Wildman–Crippen MR) is 65.8 cm³/mol. The Hall–Kier alpha value is -2.46. The molecule has 2 heterocycles. The summed E-state index contributed by atoms with van der Waals surface area (Å²) in [4.78, 5) is 1.87. The second-order valence-electron chi connectivity index (χ2n) is 4.23. The average molecular weight is 239 g/mol. The molecule has 0 N–H and O–H groups in total. The van der Waals surface area contributed by atoms with E-state index in [4.69, 9.17) is 4.42 Å². The minimum atomic E-state index is -0.383. The first-order chi connectivity index (χ1) is 8.61. The van der Waals surface area contributed by atoms with Crippen molar-refractivity contribution in [1.29, 1.82) is 10.5 Å². The number of hydrogen-bond donors (Lipinski definition) is 0. The highest BCUT2D eigenvalue weighted by Crippen LogP contribution is 2.40. The molecule has 18 heavy (non-hydrogen) atoms. The SMILES string of the molecule is CC1=C(C#N)C(c2ccco2)C(C#N)=C(C)N1C. The highest BCUT2D eigenvalue weighted by molar-refractivity contribution is 5.53. The zero-order valence-corrected chi connectivity index (χ0v) is 10.6. The molecule has 0 aliphatic carbocycles. The van der Waals surface area contributed by atoms with Crippen LogP contribution in [0, 0.1) is 22.7 Å². The molecule has 0 fully saturated rings. The summed E-state index contributed by atoms with van der Waals surface area (Å²) in [6.07, 6.45) is 1.56. The van der Waals surface area contributed by atoms with Gasteiger partial charge in [-0.3, -0.25) is 0 Å². The highest BCUT2D eigenvalue weighted by Gasteiger charge is 2.33. The van der Waals surface area contributed by atoms with Crippen molar-refractivity contribution in [3.63, 3.8) is 0 Å². The van der Waals surface area contributed by atoms with E-state index in [1.165, 1.54) is 0 Å². The Balaban J connectivity index is 2.67. The summed E-state index contributed by atoms with van der Waals surface area (Å²) in [7, 11) is 1.86. The third kappa shape index (κ3) is 1.59. The van der Waals surface area contributed by atoms with Gasteiger partial charge < -0.3 is 9.32 Å². The van der Waals surface area contributed by atoms with Crippen molar-refractivity contribution >= 4 is 0 Å². The van der Waals surface area contributed by atoms with Gasteiger partial charge in [0.25, 0.3) is 0 Å². The number of allylic oxidation sites excluding steroid dienone is 4. The molecule has 0 radical (unpaired) electrons. The fraction of sp³-hybridized carbons (Fsp3) is 0.286. The van der Waals surface area contributed by atoms with Gasteiger partial charge in [-0.2, -0.15) is 10.5 Å².